The van der Waals surface area contributed by atoms with Gasteiger partial charge in [0.15, 0.2) is 23.8 Å². The number of phenols is 5. The molecule has 196 valence electrons. The first-order valence-corrected chi connectivity index (χ1v) is 11.8. The molecule has 2 atom stereocenters. The summed E-state index contributed by atoms with van der Waals surface area (Å²) < 4.78 is 6.04. The second-order valence-electron chi connectivity index (χ2n) is 8.95. The van der Waals surface area contributed by atoms with Gasteiger partial charge in [-0.1, -0.05) is 24.3 Å². The van der Waals surface area contributed by atoms with E-state index in [1.165, 1.54) is 78.9 Å². The van der Waals surface area contributed by atoms with Gasteiger partial charge in [0.1, 0.15) is 34.5 Å². The third kappa shape index (κ3) is 4.74. The molecular formula is C30H22O9. The zero-order valence-electron chi connectivity index (χ0n) is 20.1. The number of hydrogen-bond acceptors (Lipinski definition) is 9. The van der Waals surface area contributed by atoms with E-state index in [-0.39, 0.29) is 56.8 Å². The number of carbonyl (C=O) groups is 2. The van der Waals surface area contributed by atoms with Gasteiger partial charge in [-0.2, -0.15) is 0 Å². The summed E-state index contributed by atoms with van der Waals surface area (Å²) in [7, 11) is 0. The molecule has 0 spiro atoms. The zero-order valence-corrected chi connectivity index (χ0v) is 20.1. The predicted molar refractivity (Wildman–Crippen MR) is 140 cm³/mol. The van der Waals surface area contributed by atoms with Gasteiger partial charge in [-0.25, -0.2) is 0 Å². The van der Waals surface area contributed by atoms with Crippen LogP contribution in [0.4, 0.5) is 0 Å². The molecule has 6 N–H and O–H groups in total. The molecule has 5 rings (SSSR count). The highest BCUT2D eigenvalue weighted by molar-refractivity contribution is 6.09. The lowest BCUT2D eigenvalue weighted by atomic mass is 9.89. The van der Waals surface area contributed by atoms with Crippen LogP contribution < -0.4 is 4.74 Å². The molecule has 0 saturated carbocycles. The number of ether oxygens (including phenoxy) is 1. The maximum atomic E-state index is 13.1. The lowest BCUT2D eigenvalue weighted by Gasteiger charge is -2.31. The number of aliphatic hydroxyl groups is 1. The number of benzene rings is 4. The van der Waals surface area contributed by atoms with E-state index in [2.05, 4.69) is 0 Å². The minimum atomic E-state index is -1.55. The van der Waals surface area contributed by atoms with Crippen LogP contribution in [0.2, 0.25) is 0 Å². The Bertz CT molecular complexity index is 1640. The molecule has 0 fully saturated rings. The van der Waals surface area contributed by atoms with Crippen LogP contribution in [-0.4, -0.2) is 48.3 Å². The van der Waals surface area contributed by atoms with Crippen molar-refractivity contribution in [2.24, 2.45) is 0 Å². The number of ketones is 2. The lowest BCUT2D eigenvalue weighted by molar-refractivity contribution is 0.0218. The van der Waals surface area contributed by atoms with E-state index in [1.807, 2.05) is 0 Å². The van der Waals surface area contributed by atoms with Crippen LogP contribution in [0.5, 0.6) is 34.5 Å². The largest absolute Gasteiger partial charge is 0.508 e. The number of aromatic hydroxyl groups is 5. The molecule has 0 amide bonds. The summed E-state index contributed by atoms with van der Waals surface area (Å²) >= 11 is 0. The minimum absolute atomic E-state index is 0.00339. The van der Waals surface area contributed by atoms with E-state index >= 15 is 0 Å². The SMILES string of the molecule is O=C(/C=C/c1ccc(O)c(-c2c(O)ccc3c2O[C@@H](c2ccc(O)cc2)[C@H](O)C3=O)c1)c1ccc(O)cc1O. The molecule has 4 aromatic carbocycles. The van der Waals surface area contributed by atoms with Crippen LogP contribution in [0.15, 0.2) is 78.9 Å². The number of aliphatic hydroxyl groups excluding tert-OH is 1. The number of hydrogen-bond donors (Lipinski definition) is 6. The highest BCUT2D eigenvalue weighted by atomic mass is 16.5. The highest BCUT2D eigenvalue weighted by Crippen LogP contribution is 2.48. The molecule has 4 aromatic rings. The third-order valence-corrected chi connectivity index (χ3v) is 6.39. The molecule has 0 aliphatic carbocycles. The fourth-order valence-corrected chi connectivity index (χ4v) is 4.40. The lowest BCUT2D eigenvalue weighted by Crippen LogP contribution is -2.36. The summed E-state index contributed by atoms with van der Waals surface area (Å²) in [4.78, 5) is 25.6. The van der Waals surface area contributed by atoms with Crippen LogP contribution in [-0.2, 0) is 0 Å². The Morgan fingerprint density at radius 3 is 2.15 bits per heavy atom. The summed E-state index contributed by atoms with van der Waals surface area (Å²) in [6.07, 6.45) is -0.0737. The maximum absolute atomic E-state index is 13.1. The number of fused-ring (bicyclic) bond motifs is 1. The topological polar surface area (TPSA) is 165 Å². The van der Waals surface area contributed by atoms with E-state index in [9.17, 15) is 40.2 Å². The average molecular weight is 526 g/mol. The Hall–Kier alpha value is -5.28. The van der Waals surface area contributed by atoms with Crippen molar-refractivity contribution in [3.8, 4) is 45.6 Å². The van der Waals surface area contributed by atoms with Gasteiger partial charge >= 0.3 is 0 Å². The first-order valence-electron chi connectivity index (χ1n) is 11.8. The molecule has 1 heterocycles. The molecule has 9 heteroatoms. The normalized spacial score (nSPS) is 16.6. The summed E-state index contributed by atoms with van der Waals surface area (Å²) in [5.41, 5.74) is 0.924. The van der Waals surface area contributed by atoms with Crippen LogP contribution in [0, 0.1) is 0 Å². The van der Waals surface area contributed by atoms with Crippen LogP contribution >= 0.6 is 0 Å². The van der Waals surface area contributed by atoms with Crippen molar-refractivity contribution >= 4 is 17.6 Å². The van der Waals surface area contributed by atoms with Crippen molar-refractivity contribution in [3.05, 3.63) is 101 Å². The van der Waals surface area contributed by atoms with E-state index in [0.717, 1.165) is 6.07 Å². The van der Waals surface area contributed by atoms with Gasteiger partial charge in [-0.3, -0.25) is 9.59 Å². The minimum Gasteiger partial charge on any atom is -0.508 e. The van der Waals surface area contributed by atoms with E-state index in [0.29, 0.717) is 11.1 Å². The molecule has 0 saturated heterocycles. The van der Waals surface area contributed by atoms with Crippen LogP contribution in [0.25, 0.3) is 17.2 Å². The Morgan fingerprint density at radius 2 is 1.44 bits per heavy atom. The van der Waals surface area contributed by atoms with Crippen molar-refractivity contribution in [1.29, 1.82) is 0 Å². The second-order valence-corrected chi connectivity index (χ2v) is 8.95. The summed E-state index contributed by atoms with van der Waals surface area (Å²) in [5, 5.41) is 61.1. The molecule has 9 nitrogen and oxygen atoms in total. The smallest absolute Gasteiger partial charge is 0.199 e. The fourth-order valence-electron chi connectivity index (χ4n) is 4.40. The van der Waals surface area contributed by atoms with Crippen molar-refractivity contribution in [2.75, 3.05) is 0 Å². The first-order chi connectivity index (χ1) is 18.6. The molecule has 0 unspecified atom stereocenters. The molecule has 0 radical (unpaired) electrons. The van der Waals surface area contributed by atoms with E-state index < -0.39 is 23.8 Å². The molecule has 39 heavy (non-hydrogen) atoms. The monoisotopic (exact) mass is 526 g/mol. The number of Topliss-reactive ketones (excluding diaryl/α,β-unsaturated/α-hetero) is 1. The average Bonchev–Trinajstić information content (AvgIpc) is 2.91. The van der Waals surface area contributed by atoms with Gasteiger partial charge < -0.3 is 35.4 Å². The molecule has 0 bridgehead atoms. The van der Waals surface area contributed by atoms with Gasteiger partial charge in [-0.15, -0.1) is 0 Å². The predicted octanol–water partition coefficient (Wildman–Crippen LogP) is 4.46. The molecule has 1 aliphatic heterocycles. The Balaban J connectivity index is 1.55. The second kappa shape index (κ2) is 9.88. The van der Waals surface area contributed by atoms with Crippen LogP contribution in [0.3, 0.4) is 0 Å². The van der Waals surface area contributed by atoms with E-state index in [1.54, 1.807) is 0 Å². The van der Waals surface area contributed by atoms with Crippen molar-refractivity contribution in [3.63, 3.8) is 0 Å². The van der Waals surface area contributed by atoms with E-state index in [4.69, 9.17) is 4.74 Å². The number of carbonyl (C=O) groups excluding carboxylic acids is 2. The van der Waals surface area contributed by atoms with Crippen molar-refractivity contribution < 1.29 is 45.0 Å². The fraction of sp³-hybridized carbons (Fsp3) is 0.0667. The molecular weight excluding hydrogens is 504 g/mol. The van der Waals surface area contributed by atoms with Gasteiger partial charge in [0.05, 0.1) is 16.7 Å². The van der Waals surface area contributed by atoms with Gasteiger partial charge in [0.25, 0.3) is 0 Å². The molecule has 0 aromatic heterocycles. The summed E-state index contributed by atoms with van der Waals surface area (Å²) in [6, 6.07) is 16.2. The highest BCUT2D eigenvalue weighted by Gasteiger charge is 2.39. The summed E-state index contributed by atoms with van der Waals surface area (Å²) in [5.74, 6) is -2.38. The van der Waals surface area contributed by atoms with Crippen molar-refractivity contribution in [2.45, 2.75) is 12.2 Å². The van der Waals surface area contributed by atoms with Gasteiger partial charge in [-0.05, 0) is 65.7 Å². The standard InChI is InChI=1S/C30H22O9/c31-17-5-3-16(4-6-17)29-28(38)27(37)20-9-12-24(35)26(30(20)39-29)21-13-15(2-11-23(21)34)1-10-22(33)19-8-7-18(32)14-25(19)36/h1-14,28-29,31-32,34-36,38H/b10-1+/t28-,29+/m1/s1. The number of allylic oxidation sites excluding steroid dienone is 1. The molecule has 1 aliphatic rings. The summed E-state index contributed by atoms with van der Waals surface area (Å²) in [6.45, 7) is 0. The Kier molecular flexibility index (Phi) is 6.43. The Labute approximate surface area is 221 Å². The quantitative estimate of drug-likeness (QED) is 0.163. The first kappa shape index (κ1) is 25.4. The van der Waals surface area contributed by atoms with Gasteiger partial charge in [0.2, 0.25) is 0 Å². The number of rotatable bonds is 5. The van der Waals surface area contributed by atoms with Gasteiger partial charge in [0, 0.05) is 11.6 Å². The number of phenolic OH excluding ortho intramolecular Hbond substituents is 5. The van der Waals surface area contributed by atoms with Crippen molar-refractivity contribution in [1.82, 2.24) is 0 Å². The maximum Gasteiger partial charge on any atom is 0.199 e. The third-order valence-electron chi connectivity index (χ3n) is 6.39. The Morgan fingerprint density at radius 1 is 0.744 bits per heavy atom. The van der Waals surface area contributed by atoms with Crippen LogP contribution in [0.1, 0.15) is 37.9 Å². The zero-order chi connectivity index (χ0) is 27.8.